The number of fused-ring (bicyclic) bond motifs is 1. The van der Waals surface area contributed by atoms with E-state index in [2.05, 4.69) is 63.2 Å². The fraction of sp³-hybridized carbons (Fsp3) is 0.556. The van der Waals surface area contributed by atoms with Crippen LogP contribution < -0.4 is 0 Å². The third kappa shape index (κ3) is 3.48. The number of allylic oxidation sites excluding steroid dienone is 1. The monoisotopic (exact) mass is 257 g/mol. The number of hydrogen-bond donors (Lipinski definition) is 0. The van der Waals surface area contributed by atoms with Gasteiger partial charge in [-0.15, -0.1) is 0 Å². The van der Waals surface area contributed by atoms with Crippen molar-refractivity contribution < 1.29 is 0 Å². The number of benzene rings is 1. The van der Waals surface area contributed by atoms with Crippen molar-refractivity contribution in [2.75, 3.05) is 20.6 Å². The lowest BCUT2D eigenvalue weighted by atomic mass is 9.77. The summed E-state index contributed by atoms with van der Waals surface area (Å²) in [5.41, 5.74) is 4.88. The molecule has 0 N–H and O–H groups in total. The molecule has 0 fully saturated rings. The SMILES string of the molecule is CN(C)CC/C=C1\c2ccccc2CCCC1(C)C. The normalized spacial score (nSPS) is 20.4. The van der Waals surface area contributed by atoms with Crippen LogP contribution in [0, 0.1) is 5.41 Å². The Labute approximate surface area is 118 Å². The van der Waals surface area contributed by atoms with Gasteiger partial charge >= 0.3 is 0 Å². The predicted octanol–water partition coefficient (Wildman–Crippen LogP) is 4.38. The van der Waals surface area contributed by atoms with Gasteiger partial charge < -0.3 is 4.90 Å². The second-order valence-electron chi connectivity index (χ2n) is 6.60. The molecule has 1 aromatic rings. The number of rotatable bonds is 3. The van der Waals surface area contributed by atoms with Crippen LogP contribution in [-0.4, -0.2) is 25.5 Å². The molecule has 2 rings (SSSR count). The smallest absolute Gasteiger partial charge is 0.00100 e. The molecule has 1 aliphatic rings. The summed E-state index contributed by atoms with van der Waals surface area (Å²) in [6.07, 6.45) is 7.43. The lowest BCUT2D eigenvalue weighted by Gasteiger charge is -2.27. The van der Waals surface area contributed by atoms with E-state index in [1.807, 2.05) is 0 Å². The Balaban J connectivity index is 2.35. The van der Waals surface area contributed by atoms with E-state index >= 15 is 0 Å². The Morgan fingerprint density at radius 1 is 1.21 bits per heavy atom. The van der Waals surface area contributed by atoms with Gasteiger partial charge in [0.25, 0.3) is 0 Å². The van der Waals surface area contributed by atoms with Crippen LogP contribution in [0.4, 0.5) is 0 Å². The van der Waals surface area contributed by atoms with Crippen LogP contribution in [0.1, 0.15) is 44.2 Å². The van der Waals surface area contributed by atoms with Crippen LogP contribution in [0.15, 0.2) is 30.3 Å². The Morgan fingerprint density at radius 2 is 1.95 bits per heavy atom. The maximum absolute atomic E-state index is 2.48. The van der Waals surface area contributed by atoms with Gasteiger partial charge in [-0.2, -0.15) is 0 Å². The lowest BCUT2D eigenvalue weighted by Crippen LogP contribution is -2.15. The summed E-state index contributed by atoms with van der Waals surface area (Å²) in [7, 11) is 4.29. The highest BCUT2D eigenvalue weighted by molar-refractivity contribution is 5.72. The van der Waals surface area contributed by atoms with Crippen molar-refractivity contribution in [2.45, 2.75) is 39.5 Å². The van der Waals surface area contributed by atoms with Crippen LogP contribution in [0.3, 0.4) is 0 Å². The van der Waals surface area contributed by atoms with Gasteiger partial charge in [-0.25, -0.2) is 0 Å². The molecule has 1 heteroatoms. The molecule has 0 amide bonds. The summed E-state index contributed by atoms with van der Waals surface area (Å²) in [6.45, 7) is 5.93. The van der Waals surface area contributed by atoms with E-state index in [1.165, 1.54) is 30.4 Å². The van der Waals surface area contributed by atoms with E-state index < -0.39 is 0 Å². The molecule has 0 aliphatic heterocycles. The summed E-state index contributed by atoms with van der Waals surface area (Å²) in [6, 6.07) is 8.97. The van der Waals surface area contributed by atoms with Gasteiger partial charge in [0.1, 0.15) is 0 Å². The molecule has 1 nitrogen and oxygen atoms in total. The minimum absolute atomic E-state index is 0.304. The zero-order chi connectivity index (χ0) is 13.9. The molecule has 0 saturated heterocycles. The number of nitrogens with zero attached hydrogens (tertiary/aromatic N) is 1. The Kier molecular flexibility index (Phi) is 4.46. The van der Waals surface area contributed by atoms with Gasteiger partial charge in [0.2, 0.25) is 0 Å². The minimum atomic E-state index is 0.304. The first kappa shape index (κ1) is 14.3. The summed E-state index contributed by atoms with van der Waals surface area (Å²) in [4.78, 5) is 2.26. The predicted molar refractivity (Wildman–Crippen MR) is 84.3 cm³/mol. The first-order valence-electron chi connectivity index (χ1n) is 7.44. The quantitative estimate of drug-likeness (QED) is 0.726. The molecule has 0 unspecified atom stereocenters. The van der Waals surface area contributed by atoms with Crippen LogP contribution >= 0.6 is 0 Å². The first-order chi connectivity index (χ1) is 9.00. The Hall–Kier alpha value is -1.08. The molecular weight excluding hydrogens is 230 g/mol. The fourth-order valence-electron chi connectivity index (χ4n) is 3.07. The van der Waals surface area contributed by atoms with E-state index in [0.29, 0.717) is 5.41 Å². The molecule has 0 aromatic heterocycles. The maximum atomic E-state index is 2.48. The van der Waals surface area contributed by atoms with Crippen molar-refractivity contribution >= 4 is 5.57 Å². The average Bonchev–Trinajstić information content (AvgIpc) is 2.46. The van der Waals surface area contributed by atoms with Gasteiger partial charge in [0, 0.05) is 6.54 Å². The molecule has 1 aliphatic carbocycles. The molecule has 0 heterocycles. The highest BCUT2D eigenvalue weighted by Crippen LogP contribution is 2.43. The molecule has 0 bridgehead atoms. The highest BCUT2D eigenvalue weighted by Gasteiger charge is 2.27. The van der Waals surface area contributed by atoms with Crippen LogP contribution in [0.2, 0.25) is 0 Å². The maximum Gasteiger partial charge on any atom is 0.00100 e. The van der Waals surface area contributed by atoms with E-state index in [0.717, 1.165) is 13.0 Å². The van der Waals surface area contributed by atoms with Crippen molar-refractivity contribution in [3.05, 3.63) is 41.5 Å². The minimum Gasteiger partial charge on any atom is -0.309 e. The molecule has 1 aromatic carbocycles. The summed E-state index contributed by atoms with van der Waals surface area (Å²) in [5, 5.41) is 0. The van der Waals surface area contributed by atoms with Crippen molar-refractivity contribution in [1.29, 1.82) is 0 Å². The molecule has 0 spiro atoms. The van der Waals surface area contributed by atoms with E-state index in [9.17, 15) is 0 Å². The number of hydrogen-bond acceptors (Lipinski definition) is 1. The van der Waals surface area contributed by atoms with Gasteiger partial charge in [-0.05, 0) is 61.9 Å². The van der Waals surface area contributed by atoms with Crippen molar-refractivity contribution in [3.63, 3.8) is 0 Å². The van der Waals surface area contributed by atoms with Gasteiger partial charge in [0.15, 0.2) is 0 Å². The van der Waals surface area contributed by atoms with Crippen LogP contribution in [0.5, 0.6) is 0 Å². The second kappa shape index (κ2) is 5.92. The van der Waals surface area contributed by atoms with Crippen LogP contribution in [0.25, 0.3) is 5.57 Å². The largest absolute Gasteiger partial charge is 0.309 e. The third-order valence-electron chi connectivity index (χ3n) is 4.21. The fourth-order valence-corrected chi connectivity index (χ4v) is 3.07. The topological polar surface area (TPSA) is 3.24 Å². The Morgan fingerprint density at radius 3 is 2.68 bits per heavy atom. The first-order valence-corrected chi connectivity index (χ1v) is 7.44. The summed E-state index contributed by atoms with van der Waals surface area (Å²) in [5.74, 6) is 0. The molecule has 0 saturated carbocycles. The second-order valence-corrected chi connectivity index (χ2v) is 6.60. The van der Waals surface area contributed by atoms with Crippen molar-refractivity contribution in [1.82, 2.24) is 4.90 Å². The molecule has 0 radical (unpaired) electrons. The van der Waals surface area contributed by atoms with Gasteiger partial charge in [-0.1, -0.05) is 44.2 Å². The van der Waals surface area contributed by atoms with Gasteiger partial charge in [0.05, 0.1) is 0 Å². The summed E-state index contributed by atoms with van der Waals surface area (Å²) < 4.78 is 0. The summed E-state index contributed by atoms with van der Waals surface area (Å²) >= 11 is 0. The van der Waals surface area contributed by atoms with Crippen molar-refractivity contribution in [2.24, 2.45) is 5.41 Å². The van der Waals surface area contributed by atoms with Gasteiger partial charge in [-0.3, -0.25) is 0 Å². The molecule has 0 atom stereocenters. The zero-order valence-electron chi connectivity index (χ0n) is 12.9. The molecule has 104 valence electrons. The van der Waals surface area contributed by atoms with Crippen LogP contribution in [-0.2, 0) is 6.42 Å². The highest BCUT2D eigenvalue weighted by atomic mass is 15.0. The molecule has 19 heavy (non-hydrogen) atoms. The lowest BCUT2D eigenvalue weighted by molar-refractivity contribution is 0.414. The van der Waals surface area contributed by atoms with Crippen molar-refractivity contribution in [3.8, 4) is 0 Å². The average molecular weight is 257 g/mol. The van der Waals surface area contributed by atoms with E-state index in [1.54, 1.807) is 5.57 Å². The third-order valence-corrected chi connectivity index (χ3v) is 4.21. The zero-order valence-corrected chi connectivity index (χ0v) is 12.9. The number of aryl methyl sites for hydroxylation is 1. The van der Waals surface area contributed by atoms with E-state index in [-0.39, 0.29) is 0 Å². The Bertz CT molecular complexity index is 455. The van der Waals surface area contributed by atoms with E-state index in [4.69, 9.17) is 0 Å². The standard InChI is InChI=1S/C18H27N/c1-18(2)13-7-10-15-9-5-6-11-16(15)17(18)12-8-14-19(3)4/h5-6,9,11-12H,7-8,10,13-14H2,1-4H3/b17-12+. The molecular formula is C18H27N.